The predicted molar refractivity (Wildman–Crippen MR) is 54.0 cm³/mol. The van der Waals surface area contributed by atoms with Crippen molar-refractivity contribution >= 4 is 23.2 Å². The summed E-state index contributed by atoms with van der Waals surface area (Å²) >= 11 is 11.7. The van der Waals surface area contributed by atoms with Gasteiger partial charge in [0.25, 0.3) is 0 Å². The summed E-state index contributed by atoms with van der Waals surface area (Å²) in [4.78, 5) is 0. The van der Waals surface area contributed by atoms with E-state index in [1.807, 2.05) is 17.4 Å². The van der Waals surface area contributed by atoms with E-state index in [0.29, 0.717) is 16.6 Å². The molecule has 0 bridgehead atoms. The van der Waals surface area contributed by atoms with Crippen molar-refractivity contribution in [2.75, 3.05) is 13.2 Å². The number of halogens is 2. The molecule has 0 unspecified atom stereocenters. The van der Waals surface area contributed by atoms with Crippen molar-refractivity contribution in [1.82, 2.24) is 0 Å². The maximum Gasteiger partial charge on any atom is 0.103 e. The first-order chi connectivity index (χ1) is 6.24. The summed E-state index contributed by atoms with van der Waals surface area (Å²) in [6.45, 7) is 1.65. The van der Waals surface area contributed by atoms with E-state index in [2.05, 4.69) is 0 Å². The Kier molecular flexibility index (Phi) is 4.53. The van der Waals surface area contributed by atoms with Crippen LogP contribution in [0.25, 0.3) is 0 Å². The molecular formula is C9H12Cl2NO+. The zero-order valence-corrected chi connectivity index (χ0v) is 8.65. The molecule has 0 heterocycles. The van der Waals surface area contributed by atoms with E-state index in [0.717, 1.165) is 12.1 Å². The Morgan fingerprint density at radius 1 is 1.31 bits per heavy atom. The molecule has 0 fully saturated rings. The Morgan fingerprint density at radius 2 is 2.08 bits per heavy atom. The number of aliphatic hydroxyl groups excluding tert-OH is 1. The second-order valence-corrected chi connectivity index (χ2v) is 3.58. The lowest BCUT2D eigenvalue weighted by Crippen LogP contribution is -2.83. The molecule has 0 saturated heterocycles. The smallest absolute Gasteiger partial charge is 0.103 e. The normalized spacial score (nSPS) is 10.4. The molecule has 4 heteroatoms. The van der Waals surface area contributed by atoms with Gasteiger partial charge in [-0.1, -0.05) is 29.3 Å². The maximum atomic E-state index is 8.57. The largest absolute Gasteiger partial charge is 0.391 e. The van der Waals surface area contributed by atoms with Gasteiger partial charge in [-0.2, -0.15) is 0 Å². The summed E-state index contributed by atoms with van der Waals surface area (Å²) in [5.74, 6) is 0. The fraction of sp³-hybridized carbons (Fsp3) is 0.333. The minimum atomic E-state index is 0.186. The number of benzene rings is 1. The van der Waals surface area contributed by atoms with Crippen molar-refractivity contribution in [2.45, 2.75) is 6.54 Å². The molecule has 0 aliphatic heterocycles. The first-order valence-corrected chi connectivity index (χ1v) is 4.86. The molecule has 0 radical (unpaired) electrons. The predicted octanol–water partition coefficient (Wildman–Crippen LogP) is 1.05. The van der Waals surface area contributed by atoms with E-state index >= 15 is 0 Å². The summed E-state index contributed by atoms with van der Waals surface area (Å²) in [5, 5.41) is 11.9. The van der Waals surface area contributed by atoms with Crippen molar-refractivity contribution < 1.29 is 10.4 Å². The van der Waals surface area contributed by atoms with Gasteiger partial charge in [0, 0.05) is 10.6 Å². The maximum absolute atomic E-state index is 8.57. The molecular weight excluding hydrogens is 209 g/mol. The van der Waals surface area contributed by atoms with Gasteiger partial charge >= 0.3 is 0 Å². The van der Waals surface area contributed by atoms with Crippen LogP contribution in [0.2, 0.25) is 10.0 Å². The second-order valence-electron chi connectivity index (χ2n) is 2.74. The third-order valence-corrected chi connectivity index (χ3v) is 2.30. The van der Waals surface area contributed by atoms with Gasteiger partial charge in [0.15, 0.2) is 0 Å². The van der Waals surface area contributed by atoms with E-state index in [1.54, 1.807) is 6.07 Å². The number of hydrogen-bond acceptors (Lipinski definition) is 1. The average molecular weight is 221 g/mol. The topological polar surface area (TPSA) is 36.8 Å². The summed E-state index contributed by atoms with van der Waals surface area (Å²) in [7, 11) is 0. The molecule has 72 valence electrons. The van der Waals surface area contributed by atoms with Gasteiger partial charge in [-0.05, 0) is 12.1 Å². The Bertz CT molecular complexity index is 278. The molecule has 0 aromatic heterocycles. The summed E-state index contributed by atoms with van der Waals surface area (Å²) in [6, 6.07) is 5.44. The lowest BCUT2D eigenvalue weighted by molar-refractivity contribution is -0.671. The standard InChI is InChI=1S/C9H11Cl2NO/c10-8-2-1-7(9(11)5-8)6-12-3-4-13/h1-2,5,12-13H,3-4,6H2/p+1. The Hall–Kier alpha value is -0.280. The molecule has 2 nitrogen and oxygen atoms in total. The fourth-order valence-corrected chi connectivity index (χ4v) is 1.52. The SMILES string of the molecule is OCC[NH2+]Cc1ccc(Cl)cc1Cl. The van der Waals surface area contributed by atoms with Crippen LogP contribution in [0.1, 0.15) is 5.56 Å². The first-order valence-electron chi connectivity index (χ1n) is 4.10. The Labute approximate surface area is 87.5 Å². The highest BCUT2D eigenvalue weighted by atomic mass is 35.5. The molecule has 0 amide bonds. The van der Waals surface area contributed by atoms with Crippen LogP contribution in [-0.2, 0) is 6.54 Å². The molecule has 0 aliphatic carbocycles. The summed E-state index contributed by atoms with van der Waals surface area (Å²) in [5.41, 5.74) is 1.04. The second kappa shape index (κ2) is 5.45. The van der Waals surface area contributed by atoms with Crippen LogP contribution in [0.15, 0.2) is 18.2 Å². The van der Waals surface area contributed by atoms with Crippen LogP contribution < -0.4 is 5.32 Å². The van der Waals surface area contributed by atoms with E-state index in [-0.39, 0.29) is 6.61 Å². The molecule has 3 N–H and O–H groups in total. The van der Waals surface area contributed by atoms with Crippen molar-refractivity contribution in [3.8, 4) is 0 Å². The van der Waals surface area contributed by atoms with E-state index < -0.39 is 0 Å². The number of aliphatic hydroxyl groups is 1. The quantitative estimate of drug-likeness (QED) is 0.732. The van der Waals surface area contributed by atoms with Crippen molar-refractivity contribution in [3.63, 3.8) is 0 Å². The van der Waals surface area contributed by atoms with Crippen LogP contribution in [0.3, 0.4) is 0 Å². The number of rotatable bonds is 4. The molecule has 0 atom stereocenters. The third-order valence-electron chi connectivity index (χ3n) is 1.71. The van der Waals surface area contributed by atoms with Gasteiger partial charge in [0.05, 0.1) is 18.2 Å². The molecule has 13 heavy (non-hydrogen) atoms. The molecule has 1 aromatic carbocycles. The van der Waals surface area contributed by atoms with E-state index in [9.17, 15) is 0 Å². The van der Waals surface area contributed by atoms with Crippen LogP contribution in [0.5, 0.6) is 0 Å². The van der Waals surface area contributed by atoms with Crippen molar-refractivity contribution in [3.05, 3.63) is 33.8 Å². The monoisotopic (exact) mass is 220 g/mol. The first kappa shape index (κ1) is 10.8. The van der Waals surface area contributed by atoms with Crippen LogP contribution >= 0.6 is 23.2 Å². The van der Waals surface area contributed by atoms with Gasteiger partial charge in [0.1, 0.15) is 6.54 Å². The van der Waals surface area contributed by atoms with Gasteiger partial charge in [0.2, 0.25) is 0 Å². The zero-order chi connectivity index (χ0) is 9.68. The van der Waals surface area contributed by atoms with E-state index in [4.69, 9.17) is 28.3 Å². The highest BCUT2D eigenvalue weighted by Crippen LogP contribution is 2.19. The number of nitrogens with two attached hydrogens (primary N) is 1. The van der Waals surface area contributed by atoms with Gasteiger partial charge in [-0.15, -0.1) is 0 Å². The zero-order valence-electron chi connectivity index (χ0n) is 7.13. The van der Waals surface area contributed by atoms with Gasteiger partial charge in [-0.3, -0.25) is 0 Å². The Balaban J connectivity index is 2.56. The minimum absolute atomic E-state index is 0.186. The lowest BCUT2D eigenvalue weighted by Gasteiger charge is -2.02. The number of quaternary nitrogens is 1. The van der Waals surface area contributed by atoms with Crippen molar-refractivity contribution in [2.24, 2.45) is 0 Å². The minimum Gasteiger partial charge on any atom is -0.391 e. The summed E-state index contributed by atoms with van der Waals surface area (Å²) < 4.78 is 0. The van der Waals surface area contributed by atoms with Crippen molar-refractivity contribution in [1.29, 1.82) is 0 Å². The van der Waals surface area contributed by atoms with E-state index in [1.165, 1.54) is 0 Å². The summed E-state index contributed by atoms with van der Waals surface area (Å²) in [6.07, 6.45) is 0. The third kappa shape index (κ3) is 3.53. The molecule has 0 saturated carbocycles. The molecule has 1 rings (SSSR count). The Morgan fingerprint density at radius 3 is 2.69 bits per heavy atom. The molecule has 0 spiro atoms. The van der Waals surface area contributed by atoms with Gasteiger partial charge < -0.3 is 10.4 Å². The highest BCUT2D eigenvalue weighted by molar-refractivity contribution is 6.35. The fourth-order valence-electron chi connectivity index (χ4n) is 1.04. The lowest BCUT2D eigenvalue weighted by atomic mass is 10.2. The number of hydrogen-bond donors (Lipinski definition) is 2. The molecule has 0 aliphatic rings. The van der Waals surface area contributed by atoms with Crippen LogP contribution in [0, 0.1) is 0 Å². The highest BCUT2D eigenvalue weighted by Gasteiger charge is 2.01. The van der Waals surface area contributed by atoms with Crippen LogP contribution in [0.4, 0.5) is 0 Å². The van der Waals surface area contributed by atoms with Gasteiger partial charge in [-0.25, -0.2) is 0 Å². The average Bonchev–Trinajstić information content (AvgIpc) is 2.09. The van der Waals surface area contributed by atoms with Crippen LogP contribution in [-0.4, -0.2) is 18.3 Å². The molecule has 1 aromatic rings.